The van der Waals surface area contributed by atoms with Crippen LogP contribution in [0, 0.1) is 0 Å². The van der Waals surface area contributed by atoms with Crippen LogP contribution in [0.15, 0.2) is 73.2 Å². The highest BCUT2D eigenvalue weighted by Gasteiger charge is 2.25. The minimum Gasteiger partial charge on any atom is -0.383 e. The number of aromatic nitrogens is 3. The number of amides is 1. The monoisotopic (exact) mass is 488 g/mol. The van der Waals surface area contributed by atoms with Crippen LogP contribution < -0.4 is 11.1 Å². The van der Waals surface area contributed by atoms with E-state index in [4.69, 9.17) is 17.3 Å². The molecule has 1 amide bonds. The summed E-state index contributed by atoms with van der Waals surface area (Å²) in [6.07, 6.45) is 5.08. The first-order valence-corrected chi connectivity index (χ1v) is 11.7. The van der Waals surface area contributed by atoms with Crippen molar-refractivity contribution in [3.05, 3.63) is 89.3 Å². The van der Waals surface area contributed by atoms with Crippen LogP contribution in [-0.2, 0) is 7.05 Å². The number of nitrogen functional groups attached to an aromatic ring is 1. The molecule has 0 fully saturated rings. The van der Waals surface area contributed by atoms with E-state index in [0.29, 0.717) is 16.4 Å². The van der Waals surface area contributed by atoms with Gasteiger partial charge in [0.1, 0.15) is 5.82 Å². The Kier molecular flexibility index (Phi) is 7.19. The van der Waals surface area contributed by atoms with Crippen molar-refractivity contribution in [1.82, 2.24) is 25.0 Å². The predicted octanol–water partition coefficient (Wildman–Crippen LogP) is 4.81. The maximum Gasteiger partial charge on any atom is 0.252 e. The molecule has 2 atom stereocenters. The summed E-state index contributed by atoms with van der Waals surface area (Å²) in [4.78, 5) is 19.2. The standard InChI is InChI=1S/C27H29ClN6O/c1-17(26(33(2)3)32-27(35)18-8-6-5-7-9-18)19-10-20(22-14-31-34(4)16-22)12-21(11-19)24-13-23(28)15-30-25(24)29/h5-17,26H,1-4H3,(H2,29,30)(H,32,35). The molecule has 2 heterocycles. The van der Waals surface area contributed by atoms with Crippen LogP contribution in [0.25, 0.3) is 22.3 Å². The van der Waals surface area contributed by atoms with E-state index >= 15 is 0 Å². The summed E-state index contributed by atoms with van der Waals surface area (Å²) in [5, 5.41) is 8.03. The molecule has 4 aromatic rings. The number of benzene rings is 2. The summed E-state index contributed by atoms with van der Waals surface area (Å²) in [5.74, 6) is 0.224. The molecule has 3 N–H and O–H groups in total. The van der Waals surface area contributed by atoms with Crippen molar-refractivity contribution in [3.8, 4) is 22.3 Å². The predicted molar refractivity (Wildman–Crippen MR) is 141 cm³/mol. The number of halogens is 1. The molecule has 0 aliphatic heterocycles. The topological polar surface area (TPSA) is 89.1 Å². The summed E-state index contributed by atoms with van der Waals surface area (Å²) in [6.45, 7) is 2.10. The van der Waals surface area contributed by atoms with E-state index in [1.165, 1.54) is 6.20 Å². The number of hydrogen-bond donors (Lipinski definition) is 2. The van der Waals surface area contributed by atoms with Crippen LogP contribution >= 0.6 is 11.6 Å². The summed E-state index contributed by atoms with van der Waals surface area (Å²) in [5.41, 5.74) is 11.5. The number of hydrogen-bond acceptors (Lipinski definition) is 5. The molecule has 0 spiro atoms. The number of pyridine rings is 1. The van der Waals surface area contributed by atoms with Gasteiger partial charge in [-0.2, -0.15) is 5.10 Å². The number of carbonyl (C=O) groups excluding carboxylic acids is 1. The molecular weight excluding hydrogens is 460 g/mol. The molecule has 2 aromatic carbocycles. The fourth-order valence-corrected chi connectivity index (χ4v) is 4.34. The Morgan fingerprint density at radius 1 is 1.06 bits per heavy atom. The van der Waals surface area contributed by atoms with Gasteiger partial charge in [0.05, 0.1) is 17.4 Å². The van der Waals surface area contributed by atoms with Gasteiger partial charge in [0.2, 0.25) is 0 Å². The highest BCUT2D eigenvalue weighted by Crippen LogP contribution is 2.35. The van der Waals surface area contributed by atoms with Gasteiger partial charge >= 0.3 is 0 Å². The molecule has 8 heteroatoms. The van der Waals surface area contributed by atoms with Gasteiger partial charge in [-0.1, -0.05) is 48.9 Å². The van der Waals surface area contributed by atoms with Crippen LogP contribution in [0.3, 0.4) is 0 Å². The molecule has 0 aliphatic rings. The number of aryl methyl sites for hydroxylation is 1. The molecule has 2 unspecified atom stereocenters. The average molecular weight is 489 g/mol. The summed E-state index contributed by atoms with van der Waals surface area (Å²) < 4.78 is 1.77. The van der Waals surface area contributed by atoms with E-state index < -0.39 is 0 Å². The Hall–Kier alpha value is -3.68. The lowest BCUT2D eigenvalue weighted by molar-refractivity contribution is 0.0874. The normalized spacial score (nSPS) is 13.0. The van der Waals surface area contributed by atoms with E-state index in [1.807, 2.05) is 74.8 Å². The summed E-state index contributed by atoms with van der Waals surface area (Å²) in [7, 11) is 5.80. The molecule has 7 nitrogen and oxygen atoms in total. The van der Waals surface area contributed by atoms with Crippen molar-refractivity contribution in [2.75, 3.05) is 19.8 Å². The maximum atomic E-state index is 13.0. The van der Waals surface area contributed by atoms with Gasteiger partial charge in [-0.25, -0.2) is 4.98 Å². The number of likely N-dealkylation sites (N-methyl/N-ethyl adjacent to an activating group) is 1. The second-order valence-electron chi connectivity index (χ2n) is 8.87. The second-order valence-corrected chi connectivity index (χ2v) is 9.31. The third-order valence-corrected chi connectivity index (χ3v) is 6.27. The lowest BCUT2D eigenvalue weighted by Gasteiger charge is -2.32. The molecule has 0 radical (unpaired) electrons. The molecule has 4 rings (SSSR count). The fraction of sp³-hybridized carbons (Fsp3) is 0.222. The smallest absolute Gasteiger partial charge is 0.252 e. The van der Waals surface area contributed by atoms with Gasteiger partial charge in [0, 0.05) is 42.0 Å². The Labute approximate surface area is 210 Å². The average Bonchev–Trinajstić information content (AvgIpc) is 3.29. The molecule has 2 aromatic heterocycles. The third-order valence-electron chi connectivity index (χ3n) is 6.06. The zero-order chi connectivity index (χ0) is 25.1. The van der Waals surface area contributed by atoms with Crippen LogP contribution in [0.2, 0.25) is 5.02 Å². The first kappa shape index (κ1) is 24.4. The number of nitrogens with two attached hydrogens (primary N) is 1. The van der Waals surface area contributed by atoms with Crippen molar-refractivity contribution in [2.45, 2.75) is 19.0 Å². The number of nitrogens with one attached hydrogen (secondary N) is 1. The summed E-state index contributed by atoms with van der Waals surface area (Å²) >= 11 is 6.25. The minimum absolute atomic E-state index is 0.0543. The molecule has 180 valence electrons. The largest absolute Gasteiger partial charge is 0.383 e. The number of rotatable bonds is 7. The lowest BCUT2D eigenvalue weighted by atomic mass is 9.90. The Morgan fingerprint density at radius 3 is 2.43 bits per heavy atom. The first-order valence-electron chi connectivity index (χ1n) is 11.3. The zero-order valence-corrected chi connectivity index (χ0v) is 21.0. The summed E-state index contributed by atoms with van der Waals surface area (Å²) in [6, 6.07) is 17.3. The minimum atomic E-state index is -0.255. The van der Waals surface area contributed by atoms with Gasteiger partial charge in [-0.15, -0.1) is 0 Å². The first-order chi connectivity index (χ1) is 16.7. The lowest BCUT2D eigenvalue weighted by Crippen LogP contribution is -2.47. The van der Waals surface area contributed by atoms with E-state index in [9.17, 15) is 4.79 Å². The van der Waals surface area contributed by atoms with Crippen molar-refractivity contribution >= 4 is 23.3 Å². The van der Waals surface area contributed by atoms with Crippen molar-refractivity contribution in [1.29, 1.82) is 0 Å². The second kappa shape index (κ2) is 10.3. The van der Waals surface area contributed by atoms with Gasteiger partial charge in [-0.05, 0) is 55.1 Å². The van der Waals surface area contributed by atoms with Crippen molar-refractivity contribution in [3.63, 3.8) is 0 Å². The molecule has 0 aliphatic carbocycles. The number of nitrogens with zero attached hydrogens (tertiary/aromatic N) is 4. The molecule has 35 heavy (non-hydrogen) atoms. The van der Waals surface area contributed by atoms with Gasteiger partial charge in [0.15, 0.2) is 0 Å². The Balaban J connectivity index is 1.77. The van der Waals surface area contributed by atoms with Gasteiger partial charge in [-0.3, -0.25) is 14.4 Å². The highest BCUT2D eigenvalue weighted by atomic mass is 35.5. The van der Waals surface area contributed by atoms with Crippen molar-refractivity contribution < 1.29 is 4.79 Å². The molecule has 0 saturated carbocycles. The Bertz CT molecular complexity index is 1330. The van der Waals surface area contributed by atoms with Gasteiger partial charge < -0.3 is 11.1 Å². The van der Waals surface area contributed by atoms with E-state index in [0.717, 1.165) is 27.8 Å². The van der Waals surface area contributed by atoms with Crippen LogP contribution in [0.5, 0.6) is 0 Å². The third kappa shape index (κ3) is 5.53. The van der Waals surface area contributed by atoms with Gasteiger partial charge in [0.25, 0.3) is 5.91 Å². The molecule has 0 bridgehead atoms. The molecule has 0 saturated heterocycles. The van der Waals surface area contributed by atoms with E-state index in [1.54, 1.807) is 4.68 Å². The van der Waals surface area contributed by atoms with E-state index in [2.05, 4.69) is 40.5 Å². The van der Waals surface area contributed by atoms with E-state index in [-0.39, 0.29) is 18.0 Å². The maximum absolute atomic E-state index is 13.0. The zero-order valence-electron chi connectivity index (χ0n) is 20.2. The fourth-order valence-electron chi connectivity index (χ4n) is 4.18. The van der Waals surface area contributed by atoms with Crippen LogP contribution in [0.1, 0.15) is 28.8 Å². The highest BCUT2D eigenvalue weighted by molar-refractivity contribution is 6.30. The Morgan fingerprint density at radius 2 is 1.77 bits per heavy atom. The van der Waals surface area contributed by atoms with Crippen LogP contribution in [0.4, 0.5) is 5.82 Å². The van der Waals surface area contributed by atoms with Crippen molar-refractivity contribution in [2.24, 2.45) is 7.05 Å². The number of anilines is 1. The van der Waals surface area contributed by atoms with Crippen LogP contribution in [-0.4, -0.2) is 45.8 Å². The quantitative estimate of drug-likeness (QED) is 0.364. The molecular formula is C27H29ClN6O. The SMILES string of the molecule is CC(c1cc(-c2cnn(C)c2)cc(-c2cc(Cl)cnc2N)c1)C(NC(=O)c1ccccc1)N(C)C. The number of carbonyl (C=O) groups is 1.